The molecule has 0 amide bonds. The van der Waals surface area contributed by atoms with Gasteiger partial charge in [0.25, 0.3) is 0 Å². The standard InChI is InChI=1S/C35H39NO/c1-20-10-11-21-15-25-27(16-23(21)14-20)35(8,9)26-13-12-22(17-33(2,3)4)31-28(26)29-30(25)36-19-24(32(29)37-31)18-34(5,6)7/h10-16,19H,17-18H2,1-9H3. The van der Waals surface area contributed by atoms with E-state index in [1.807, 2.05) is 0 Å². The van der Waals surface area contributed by atoms with Gasteiger partial charge in [0.05, 0.1) is 11.1 Å². The third kappa shape index (κ3) is 3.88. The van der Waals surface area contributed by atoms with Crippen LogP contribution in [-0.2, 0) is 18.3 Å². The summed E-state index contributed by atoms with van der Waals surface area (Å²) in [6.45, 7) is 20.7. The number of rotatable bonds is 2. The van der Waals surface area contributed by atoms with E-state index in [1.165, 1.54) is 54.9 Å². The first-order valence-electron chi connectivity index (χ1n) is 13.6. The van der Waals surface area contributed by atoms with Crippen LogP contribution in [0.1, 0.15) is 83.2 Å². The van der Waals surface area contributed by atoms with Crippen molar-refractivity contribution in [2.24, 2.45) is 10.8 Å². The fourth-order valence-electron chi connectivity index (χ4n) is 6.38. The van der Waals surface area contributed by atoms with Crippen molar-refractivity contribution in [2.75, 3.05) is 0 Å². The topological polar surface area (TPSA) is 26.0 Å². The maximum Gasteiger partial charge on any atom is 0.142 e. The van der Waals surface area contributed by atoms with Crippen molar-refractivity contribution in [1.82, 2.24) is 4.98 Å². The summed E-state index contributed by atoms with van der Waals surface area (Å²) >= 11 is 0. The fourth-order valence-corrected chi connectivity index (χ4v) is 6.38. The molecule has 0 unspecified atom stereocenters. The quantitative estimate of drug-likeness (QED) is 0.246. The molecule has 2 aromatic heterocycles. The molecule has 6 rings (SSSR count). The number of aromatic nitrogens is 1. The van der Waals surface area contributed by atoms with Crippen LogP contribution in [0.25, 0.3) is 44.0 Å². The molecule has 0 atom stereocenters. The van der Waals surface area contributed by atoms with Crippen LogP contribution >= 0.6 is 0 Å². The molecule has 0 fully saturated rings. The molecular formula is C35H39NO. The molecule has 0 radical (unpaired) electrons. The van der Waals surface area contributed by atoms with E-state index in [0.29, 0.717) is 0 Å². The van der Waals surface area contributed by atoms with Gasteiger partial charge in [0, 0.05) is 28.1 Å². The second-order valence-electron chi connectivity index (χ2n) is 14.3. The van der Waals surface area contributed by atoms with Crippen molar-refractivity contribution in [3.8, 4) is 11.3 Å². The van der Waals surface area contributed by atoms with Gasteiger partial charge in [-0.3, -0.25) is 4.98 Å². The minimum atomic E-state index is -0.201. The van der Waals surface area contributed by atoms with Crippen LogP contribution in [0.15, 0.2) is 53.1 Å². The van der Waals surface area contributed by atoms with Gasteiger partial charge in [-0.1, -0.05) is 91.3 Å². The SMILES string of the molecule is Cc1ccc2cc3c(cc2c1)C(C)(C)c1ccc(CC(C)(C)C)c2oc4c(CC(C)(C)C)cnc-3c4c12. The predicted molar refractivity (Wildman–Crippen MR) is 158 cm³/mol. The predicted octanol–water partition coefficient (Wildman–Crippen LogP) is 9.93. The molecule has 5 aromatic rings. The number of hydrogen-bond donors (Lipinski definition) is 0. The third-order valence-corrected chi connectivity index (χ3v) is 7.97. The molecule has 0 spiro atoms. The summed E-state index contributed by atoms with van der Waals surface area (Å²) in [6, 6.07) is 16.2. The van der Waals surface area contributed by atoms with Gasteiger partial charge in [-0.25, -0.2) is 0 Å². The average Bonchev–Trinajstić information content (AvgIpc) is 3.15. The lowest BCUT2D eigenvalue weighted by Gasteiger charge is -2.29. The minimum Gasteiger partial charge on any atom is -0.455 e. The molecule has 37 heavy (non-hydrogen) atoms. The summed E-state index contributed by atoms with van der Waals surface area (Å²) in [5.74, 6) is 0. The van der Waals surface area contributed by atoms with E-state index in [-0.39, 0.29) is 16.2 Å². The van der Waals surface area contributed by atoms with Gasteiger partial charge in [-0.05, 0) is 70.2 Å². The average molecular weight is 490 g/mol. The van der Waals surface area contributed by atoms with Crippen LogP contribution in [0.2, 0.25) is 0 Å². The molecule has 0 saturated carbocycles. The Labute approximate surface area is 221 Å². The molecule has 2 heterocycles. The molecule has 1 aliphatic carbocycles. The summed E-state index contributed by atoms with van der Waals surface area (Å²) < 4.78 is 6.94. The monoisotopic (exact) mass is 489 g/mol. The Balaban J connectivity index is 1.79. The number of nitrogens with zero attached hydrogens (tertiary/aromatic N) is 1. The Morgan fingerprint density at radius 3 is 2.11 bits per heavy atom. The van der Waals surface area contributed by atoms with E-state index in [4.69, 9.17) is 9.40 Å². The lowest BCUT2D eigenvalue weighted by atomic mass is 9.74. The van der Waals surface area contributed by atoms with E-state index < -0.39 is 0 Å². The number of hydrogen-bond acceptors (Lipinski definition) is 2. The molecule has 0 N–H and O–H groups in total. The number of aryl methyl sites for hydroxylation is 1. The van der Waals surface area contributed by atoms with E-state index in [9.17, 15) is 0 Å². The maximum atomic E-state index is 6.94. The van der Waals surface area contributed by atoms with Gasteiger partial charge in [0.2, 0.25) is 0 Å². The second-order valence-corrected chi connectivity index (χ2v) is 14.3. The number of benzene rings is 3. The summed E-state index contributed by atoms with van der Waals surface area (Å²) in [6.07, 6.45) is 3.97. The maximum absolute atomic E-state index is 6.94. The first kappa shape index (κ1) is 24.2. The molecule has 3 aromatic carbocycles. The van der Waals surface area contributed by atoms with Gasteiger partial charge in [0.15, 0.2) is 0 Å². The zero-order valence-corrected chi connectivity index (χ0v) is 23.9. The molecule has 0 bridgehead atoms. The first-order valence-corrected chi connectivity index (χ1v) is 13.6. The van der Waals surface area contributed by atoms with E-state index >= 15 is 0 Å². The lowest BCUT2D eigenvalue weighted by Crippen LogP contribution is -2.20. The van der Waals surface area contributed by atoms with Crippen LogP contribution in [-0.4, -0.2) is 4.98 Å². The van der Waals surface area contributed by atoms with Gasteiger partial charge in [-0.15, -0.1) is 0 Å². The number of pyridine rings is 1. The molecule has 0 saturated heterocycles. The fraction of sp³-hybridized carbons (Fsp3) is 0.400. The van der Waals surface area contributed by atoms with Crippen molar-refractivity contribution in [3.05, 3.63) is 76.5 Å². The lowest BCUT2D eigenvalue weighted by molar-refractivity contribution is 0.408. The van der Waals surface area contributed by atoms with Crippen LogP contribution in [0, 0.1) is 17.8 Å². The van der Waals surface area contributed by atoms with Gasteiger partial charge in [0.1, 0.15) is 11.2 Å². The Morgan fingerprint density at radius 1 is 0.730 bits per heavy atom. The minimum absolute atomic E-state index is 0.136. The van der Waals surface area contributed by atoms with E-state index in [2.05, 4.69) is 111 Å². The van der Waals surface area contributed by atoms with Gasteiger partial charge >= 0.3 is 0 Å². The number of furan rings is 1. The van der Waals surface area contributed by atoms with Crippen molar-refractivity contribution >= 4 is 32.7 Å². The highest BCUT2D eigenvalue weighted by Crippen LogP contribution is 2.51. The Bertz CT molecular complexity index is 1720. The van der Waals surface area contributed by atoms with Gasteiger partial charge < -0.3 is 4.42 Å². The summed E-state index contributed by atoms with van der Waals surface area (Å²) in [5.41, 5.74) is 10.9. The molecule has 2 heteroatoms. The Morgan fingerprint density at radius 2 is 1.41 bits per heavy atom. The van der Waals surface area contributed by atoms with Crippen molar-refractivity contribution in [1.29, 1.82) is 0 Å². The molecule has 0 aliphatic heterocycles. The Hall–Kier alpha value is -3.13. The largest absolute Gasteiger partial charge is 0.455 e. The third-order valence-electron chi connectivity index (χ3n) is 7.97. The smallest absolute Gasteiger partial charge is 0.142 e. The molecule has 1 aliphatic rings. The highest BCUT2D eigenvalue weighted by atomic mass is 16.3. The van der Waals surface area contributed by atoms with Gasteiger partial charge in [-0.2, -0.15) is 0 Å². The van der Waals surface area contributed by atoms with Crippen LogP contribution < -0.4 is 0 Å². The highest BCUT2D eigenvalue weighted by molar-refractivity contribution is 6.16. The summed E-state index contributed by atoms with van der Waals surface area (Å²) in [4.78, 5) is 5.21. The van der Waals surface area contributed by atoms with Crippen molar-refractivity contribution in [2.45, 2.75) is 80.6 Å². The summed E-state index contributed by atoms with van der Waals surface area (Å²) in [5, 5.41) is 5.00. The zero-order chi connectivity index (χ0) is 26.5. The zero-order valence-electron chi connectivity index (χ0n) is 23.9. The molecule has 190 valence electrons. The van der Waals surface area contributed by atoms with Crippen LogP contribution in [0.3, 0.4) is 0 Å². The molecule has 2 nitrogen and oxygen atoms in total. The Kier molecular flexibility index (Phi) is 5.04. The highest BCUT2D eigenvalue weighted by Gasteiger charge is 2.36. The second kappa shape index (κ2) is 7.69. The normalized spacial score (nSPS) is 15.1. The van der Waals surface area contributed by atoms with E-state index in [1.54, 1.807) is 0 Å². The summed E-state index contributed by atoms with van der Waals surface area (Å²) in [7, 11) is 0. The number of fused-ring (bicyclic) bond motifs is 3. The van der Waals surface area contributed by atoms with E-state index in [0.717, 1.165) is 29.7 Å². The first-order chi connectivity index (χ1) is 17.2. The van der Waals surface area contributed by atoms with Crippen LogP contribution in [0.5, 0.6) is 0 Å². The van der Waals surface area contributed by atoms with Crippen molar-refractivity contribution in [3.63, 3.8) is 0 Å². The van der Waals surface area contributed by atoms with Crippen molar-refractivity contribution < 1.29 is 4.42 Å². The molecular weight excluding hydrogens is 450 g/mol. The van der Waals surface area contributed by atoms with Crippen LogP contribution in [0.4, 0.5) is 0 Å².